The van der Waals surface area contributed by atoms with Crippen LogP contribution in [0, 0.1) is 19.8 Å². The number of fused-ring (bicyclic) bond motifs is 1. The molecular weight excluding hydrogens is 340 g/mol. The second-order valence-electron chi connectivity index (χ2n) is 6.69. The molecule has 6 nitrogen and oxygen atoms in total. The molecule has 0 saturated carbocycles. The normalized spacial score (nSPS) is 22.2. The molecule has 25 heavy (non-hydrogen) atoms. The first kappa shape index (κ1) is 17.9. The van der Waals surface area contributed by atoms with Gasteiger partial charge in [-0.2, -0.15) is 0 Å². The average molecular weight is 363 g/mol. The maximum atomic E-state index is 12.2. The SMILES string of the molecule is Cc1cc(C)[n+](C)c(CSC2=C(C(=O)O)N3C(=O)[C@@H](CCO)[C@H]3C2)c1. The van der Waals surface area contributed by atoms with Crippen LogP contribution in [0.1, 0.15) is 29.8 Å². The molecule has 0 radical (unpaired) electrons. The maximum absolute atomic E-state index is 12.2. The molecule has 1 fully saturated rings. The van der Waals surface area contributed by atoms with Gasteiger partial charge in [-0.05, 0) is 18.9 Å². The first-order valence-electron chi connectivity index (χ1n) is 8.34. The topological polar surface area (TPSA) is 81.7 Å². The van der Waals surface area contributed by atoms with Crippen LogP contribution in [0.3, 0.4) is 0 Å². The van der Waals surface area contributed by atoms with Gasteiger partial charge in [0.1, 0.15) is 12.7 Å². The highest BCUT2D eigenvalue weighted by Gasteiger charge is 2.54. The third-order valence-electron chi connectivity index (χ3n) is 5.08. The zero-order chi connectivity index (χ0) is 18.3. The van der Waals surface area contributed by atoms with Crippen LogP contribution in [0.15, 0.2) is 22.7 Å². The molecule has 2 atom stereocenters. The summed E-state index contributed by atoms with van der Waals surface area (Å²) in [7, 11) is 2.00. The Bertz CT molecular complexity index is 775. The number of amides is 1. The predicted octanol–water partition coefficient (Wildman–Crippen LogP) is 1.27. The summed E-state index contributed by atoms with van der Waals surface area (Å²) in [4.78, 5) is 26.1. The summed E-state index contributed by atoms with van der Waals surface area (Å²) >= 11 is 1.50. The number of hydrogen-bond donors (Lipinski definition) is 2. The van der Waals surface area contributed by atoms with E-state index < -0.39 is 5.97 Å². The molecule has 0 spiro atoms. The number of aromatic nitrogens is 1. The Hall–Kier alpha value is -1.86. The van der Waals surface area contributed by atoms with E-state index in [1.165, 1.54) is 22.2 Å². The summed E-state index contributed by atoms with van der Waals surface area (Å²) in [6.07, 6.45) is 0.966. The van der Waals surface area contributed by atoms with E-state index in [1.54, 1.807) is 0 Å². The molecule has 3 heterocycles. The molecule has 7 heteroatoms. The number of aliphatic hydroxyl groups excluding tert-OH is 1. The van der Waals surface area contributed by atoms with Gasteiger partial charge in [0.15, 0.2) is 11.4 Å². The Labute approximate surface area is 151 Å². The summed E-state index contributed by atoms with van der Waals surface area (Å²) in [5, 5.41) is 18.7. The van der Waals surface area contributed by atoms with E-state index in [0.29, 0.717) is 18.6 Å². The molecule has 0 aromatic carbocycles. The molecular formula is C18H23N2O4S+. The van der Waals surface area contributed by atoms with Gasteiger partial charge in [-0.15, -0.1) is 11.8 Å². The van der Waals surface area contributed by atoms with Crippen LogP contribution in [-0.4, -0.2) is 39.6 Å². The van der Waals surface area contributed by atoms with E-state index in [4.69, 9.17) is 5.11 Å². The van der Waals surface area contributed by atoms with E-state index in [0.717, 1.165) is 16.3 Å². The van der Waals surface area contributed by atoms with Gasteiger partial charge >= 0.3 is 5.97 Å². The summed E-state index contributed by atoms with van der Waals surface area (Å²) in [5.74, 6) is -0.825. The van der Waals surface area contributed by atoms with Crippen LogP contribution in [0.25, 0.3) is 0 Å². The van der Waals surface area contributed by atoms with Gasteiger partial charge in [0.2, 0.25) is 5.91 Å². The van der Waals surface area contributed by atoms with Crippen molar-refractivity contribution < 1.29 is 24.4 Å². The zero-order valence-electron chi connectivity index (χ0n) is 14.7. The van der Waals surface area contributed by atoms with Gasteiger partial charge in [-0.3, -0.25) is 4.79 Å². The van der Waals surface area contributed by atoms with Crippen molar-refractivity contribution in [1.29, 1.82) is 0 Å². The Morgan fingerprint density at radius 1 is 1.40 bits per heavy atom. The van der Waals surface area contributed by atoms with Gasteiger partial charge < -0.3 is 15.1 Å². The average Bonchev–Trinajstić information content (AvgIpc) is 2.90. The van der Waals surface area contributed by atoms with E-state index in [2.05, 4.69) is 16.7 Å². The van der Waals surface area contributed by atoms with Crippen LogP contribution < -0.4 is 4.57 Å². The first-order valence-corrected chi connectivity index (χ1v) is 9.33. The summed E-state index contributed by atoms with van der Waals surface area (Å²) in [5.41, 5.74) is 3.57. The number of aliphatic hydroxyl groups is 1. The number of pyridine rings is 1. The van der Waals surface area contributed by atoms with Crippen LogP contribution in [-0.2, 0) is 22.4 Å². The minimum absolute atomic E-state index is 0.0516. The Morgan fingerprint density at radius 3 is 2.76 bits per heavy atom. The molecule has 2 N–H and O–H groups in total. The monoisotopic (exact) mass is 363 g/mol. The minimum atomic E-state index is -1.05. The van der Waals surface area contributed by atoms with Crippen molar-refractivity contribution in [2.24, 2.45) is 13.0 Å². The summed E-state index contributed by atoms with van der Waals surface area (Å²) < 4.78 is 2.10. The first-order chi connectivity index (χ1) is 11.8. The van der Waals surface area contributed by atoms with Crippen LogP contribution >= 0.6 is 11.8 Å². The molecule has 2 aliphatic heterocycles. The second-order valence-corrected chi connectivity index (χ2v) is 7.76. The van der Waals surface area contributed by atoms with Crippen molar-refractivity contribution in [2.45, 2.75) is 38.5 Å². The van der Waals surface area contributed by atoms with Crippen molar-refractivity contribution in [3.05, 3.63) is 39.7 Å². The number of hydrogen-bond acceptors (Lipinski definition) is 4. The number of carbonyl (C=O) groups is 2. The number of β-lactam (4-membered cyclic amide) rings is 1. The minimum Gasteiger partial charge on any atom is -0.477 e. The van der Waals surface area contributed by atoms with Gasteiger partial charge in [-0.1, -0.05) is 0 Å². The molecule has 3 rings (SSSR count). The van der Waals surface area contributed by atoms with Gasteiger partial charge in [0.05, 0.1) is 17.7 Å². The highest BCUT2D eigenvalue weighted by molar-refractivity contribution is 8.02. The van der Waals surface area contributed by atoms with Crippen molar-refractivity contribution in [2.75, 3.05) is 6.61 Å². The number of carboxylic acid groups (broad SMARTS) is 1. The predicted molar refractivity (Wildman–Crippen MR) is 93.5 cm³/mol. The molecule has 1 saturated heterocycles. The lowest BCUT2D eigenvalue weighted by Gasteiger charge is -2.43. The maximum Gasteiger partial charge on any atom is 0.353 e. The molecule has 2 aliphatic rings. The molecule has 1 amide bonds. The Balaban J connectivity index is 1.81. The standard InChI is InChI=1S/C18H22N2O4S/c1-10-6-11(2)19(3)12(7-10)9-25-15-8-14-13(4-5-21)17(22)20(14)16(15)18(23)24/h6-7,13-14,21H,4-5,8-9H2,1-3H3/p+1/t13-,14+/m0/s1. The largest absolute Gasteiger partial charge is 0.477 e. The number of carbonyl (C=O) groups excluding carboxylic acids is 1. The fourth-order valence-corrected chi connectivity index (χ4v) is 4.90. The second kappa shape index (κ2) is 6.80. The molecule has 134 valence electrons. The van der Waals surface area contributed by atoms with Crippen molar-refractivity contribution in [3.63, 3.8) is 0 Å². The number of aryl methyl sites for hydroxylation is 2. The van der Waals surface area contributed by atoms with Crippen molar-refractivity contribution in [3.8, 4) is 0 Å². The number of aliphatic carboxylic acids is 1. The highest BCUT2D eigenvalue weighted by Crippen LogP contribution is 2.47. The lowest BCUT2D eigenvalue weighted by atomic mass is 9.85. The van der Waals surface area contributed by atoms with Crippen LogP contribution in [0.4, 0.5) is 0 Å². The molecule has 0 unspecified atom stereocenters. The third kappa shape index (κ3) is 3.06. The Kier molecular flexibility index (Phi) is 4.88. The lowest BCUT2D eigenvalue weighted by Crippen LogP contribution is -2.58. The number of nitrogens with zero attached hydrogens (tertiary/aromatic N) is 2. The number of carboxylic acids is 1. The summed E-state index contributed by atoms with van der Waals surface area (Å²) in [6.45, 7) is 4.04. The third-order valence-corrected chi connectivity index (χ3v) is 6.23. The smallest absolute Gasteiger partial charge is 0.353 e. The van der Waals surface area contributed by atoms with Crippen LogP contribution in [0.5, 0.6) is 0 Å². The lowest BCUT2D eigenvalue weighted by molar-refractivity contribution is -0.684. The molecule has 0 bridgehead atoms. The quantitative estimate of drug-likeness (QED) is 0.588. The molecule has 1 aromatic rings. The van der Waals surface area contributed by atoms with Crippen LogP contribution in [0.2, 0.25) is 0 Å². The van der Waals surface area contributed by atoms with E-state index >= 15 is 0 Å². The molecule has 0 aliphatic carbocycles. The van der Waals surface area contributed by atoms with Gasteiger partial charge in [0, 0.05) is 37.0 Å². The summed E-state index contributed by atoms with van der Waals surface area (Å²) in [6, 6.07) is 4.10. The fourth-order valence-electron chi connectivity index (χ4n) is 3.69. The Morgan fingerprint density at radius 2 is 2.12 bits per heavy atom. The van der Waals surface area contributed by atoms with E-state index in [1.807, 2.05) is 20.9 Å². The zero-order valence-corrected chi connectivity index (χ0v) is 15.5. The van der Waals surface area contributed by atoms with E-state index in [-0.39, 0.29) is 30.2 Å². The number of rotatable bonds is 6. The van der Waals surface area contributed by atoms with Crippen molar-refractivity contribution in [1.82, 2.24) is 4.90 Å². The van der Waals surface area contributed by atoms with Crippen molar-refractivity contribution >= 4 is 23.6 Å². The number of thioether (sulfide) groups is 1. The van der Waals surface area contributed by atoms with Gasteiger partial charge in [0.25, 0.3) is 0 Å². The highest BCUT2D eigenvalue weighted by atomic mass is 32.2. The molecule has 1 aromatic heterocycles. The van der Waals surface area contributed by atoms with Gasteiger partial charge in [-0.25, -0.2) is 9.36 Å². The van der Waals surface area contributed by atoms with E-state index in [9.17, 15) is 14.7 Å². The fraction of sp³-hybridized carbons (Fsp3) is 0.500.